The van der Waals surface area contributed by atoms with Crippen LogP contribution in [0, 0.1) is 6.92 Å². The van der Waals surface area contributed by atoms with Crippen molar-refractivity contribution in [3.63, 3.8) is 0 Å². The highest BCUT2D eigenvalue weighted by atomic mass is 32.2. The molecule has 0 unspecified atom stereocenters. The van der Waals surface area contributed by atoms with E-state index in [-0.39, 0.29) is 5.91 Å². The number of thioether (sulfide) groups is 1. The molecule has 0 spiro atoms. The number of hydrogen-bond acceptors (Lipinski definition) is 4. The highest BCUT2D eigenvalue weighted by Gasteiger charge is 2.04. The predicted molar refractivity (Wildman–Crippen MR) is 114 cm³/mol. The van der Waals surface area contributed by atoms with Gasteiger partial charge in [-0.3, -0.25) is 4.79 Å². The van der Waals surface area contributed by atoms with Crippen molar-refractivity contribution in [1.82, 2.24) is 10.3 Å². The molecule has 2 aromatic carbocycles. The molecule has 3 rings (SSSR count). The van der Waals surface area contributed by atoms with Crippen LogP contribution in [-0.4, -0.2) is 16.6 Å². The number of nitrogens with one attached hydrogen (secondary N) is 1. The Balaban J connectivity index is 1.40. The first-order valence-electron chi connectivity index (χ1n) is 9.21. The quantitative estimate of drug-likeness (QED) is 0.582. The third kappa shape index (κ3) is 6.74. The van der Waals surface area contributed by atoms with Crippen LogP contribution < -0.4 is 10.1 Å². The van der Waals surface area contributed by atoms with Crippen molar-refractivity contribution < 1.29 is 9.53 Å². The molecule has 0 saturated heterocycles. The Kier molecular flexibility index (Phi) is 7.50. The van der Waals surface area contributed by atoms with Crippen LogP contribution in [0.1, 0.15) is 22.3 Å². The van der Waals surface area contributed by atoms with Crippen LogP contribution in [0.4, 0.5) is 0 Å². The first kappa shape index (κ1) is 20.0. The maximum atomic E-state index is 12.1. The number of aromatic nitrogens is 1. The number of hydrogen-bond donors (Lipinski definition) is 1. The zero-order valence-electron chi connectivity index (χ0n) is 15.9. The van der Waals surface area contributed by atoms with Crippen molar-refractivity contribution in [2.45, 2.75) is 25.8 Å². The van der Waals surface area contributed by atoms with Gasteiger partial charge in [-0.05, 0) is 29.7 Å². The summed E-state index contributed by atoms with van der Waals surface area (Å²) in [6.07, 6.45) is 1.70. The van der Waals surface area contributed by atoms with E-state index in [0.717, 1.165) is 16.9 Å². The van der Waals surface area contributed by atoms with Gasteiger partial charge in [0, 0.05) is 24.6 Å². The molecule has 1 N–H and O–H groups in total. The summed E-state index contributed by atoms with van der Waals surface area (Å²) in [6.45, 7) is 3.01. The Morgan fingerprint density at radius 1 is 1.00 bits per heavy atom. The summed E-state index contributed by atoms with van der Waals surface area (Å²) in [6, 6.07) is 22.1. The van der Waals surface area contributed by atoms with Gasteiger partial charge in [-0.25, -0.2) is 4.98 Å². The fourth-order valence-corrected chi connectivity index (χ4v) is 3.49. The molecule has 1 amide bonds. The van der Waals surface area contributed by atoms with Crippen molar-refractivity contribution in [2.75, 3.05) is 5.75 Å². The van der Waals surface area contributed by atoms with Crippen LogP contribution in [0.3, 0.4) is 0 Å². The average molecular weight is 393 g/mol. The minimum Gasteiger partial charge on any atom is -0.473 e. The number of carbonyl (C=O) groups excluding carboxylic acids is 1. The second-order valence-electron chi connectivity index (χ2n) is 6.54. The number of ether oxygens (including phenoxy) is 1. The third-order valence-electron chi connectivity index (χ3n) is 4.10. The number of aryl methyl sites for hydroxylation is 1. The highest BCUT2D eigenvalue weighted by molar-refractivity contribution is 7.99. The topological polar surface area (TPSA) is 51.2 Å². The maximum absolute atomic E-state index is 12.1. The van der Waals surface area contributed by atoms with Gasteiger partial charge >= 0.3 is 0 Å². The van der Waals surface area contributed by atoms with Gasteiger partial charge in [-0.15, -0.1) is 11.8 Å². The SMILES string of the molecule is Cc1cccc(CSCC(=O)NCc2ccnc(OCc3ccccc3)c2)c1. The standard InChI is InChI=1S/C23H24N2O2S/c1-18-6-5-9-21(12-18)16-28-17-22(26)25-14-20-10-11-24-23(13-20)27-15-19-7-3-2-4-8-19/h2-13H,14-17H2,1H3,(H,25,26). The smallest absolute Gasteiger partial charge is 0.230 e. The Labute approximate surface area is 170 Å². The molecule has 0 bridgehead atoms. The summed E-state index contributed by atoms with van der Waals surface area (Å²) in [5.74, 6) is 1.86. The molecule has 0 atom stereocenters. The second-order valence-corrected chi connectivity index (χ2v) is 7.52. The van der Waals surface area contributed by atoms with E-state index in [1.807, 2.05) is 48.5 Å². The van der Waals surface area contributed by atoms with E-state index >= 15 is 0 Å². The molecule has 0 aliphatic carbocycles. The maximum Gasteiger partial charge on any atom is 0.230 e. The minimum absolute atomic E-state index is 0.0289. The Bertz CT molecular complexity index is 900. The molecule has 5 heteroatoms. The zero-order valence-corrected chi connectivity index (χ0v) is 16.7. The van der Waals surface area contributed by atoms with Gasteiger partial charge in [0.05, 0.1) is 5.75 Å². The number of carbonyl (C=O) groups is 1. The molecule has 0 radical (unpaired) electrons. The first-order valence-corrected chi connectivity index (χ1v) is 10.4. The molecule has 1 aromatic heterocycles. The van der Waals surface area contributed by atoms with E-state index in [4.69, 9.17) is 4.74 Å². The van der Waals surface area contributed by atoms with Crippen LogP contribution in [0.2, 0.25) is 0 Å². The van der Waals surface area contributed by atoms with Gasteiger partial charge in [0.15, 0.2) is 0 Å². The monoisotopic (exact) mass is 392 g/mol. The molecule has 1 heterocycles. The minimum atomic E-state index is 0.0289. The van der Waals surface area contributed by atoms with Crippen LogP contribution in [0.25, 0.3) is 0 Å². The van der Waals surface area contributed by atoms with Crippen molar-refractivity contribution in [1.29, 1.82) is 0 Å². The number of nitrogens with zero attached hydrogens (tertiary/aromatic N) is 1. The molecule has 144 valence electrons. The Morgan fingerprint density at radius 3 is 2.64 bits per heavy atom. The van der Waals surface area contributed by atoms with Crippen LogP contribution in [0.5, 0.6) is 5.88 Å². The molecule has 0 saturated carbocycles. The van der Waals surface area contributed by atoms with Gasteiger partial charge in [0.2, 0.25) is 11.8 Å². The lowest BCUT2D eigenvalue weighted by molar-refractivity contribution is -0.118. The molecular weight excluding hydrogens is 368 g/mol. The van der Waals surface area contributed by atoms with Crippen LogP contribution >= 0.6 is 11.8 Å². The summed E-state index contributed by atoms with van der Waals surface area (Å²) < 4.78 is 5.74. The fraction of sp³-hybridized carbons (Fsp3) is 0.217. The number of rotatable bonds is 9. The van der Waals surface area contributed by atoms with Gasteiger partial charge < -0.3 is 10.1 Å². The van der Waals surface area contributed by atoms with E-state index in [0.29, 0.717) is 24.8 Å². The van der Waals surface area contributed by atoms with Gasteiger partial charge in [-0.1, -0.05) is 60.2 Å². The van der Waals surface area contributed by atoms with Crippen LogP contribution in [0.15, 0.2) is 72.9 Å². The van der Waals surface area contributed by atoms with Crippen molar-refractivity contribution >= 4 is 17.7 Å². The Morgan fingerprint density at radius 2 is 1.82 bits per heavy atom. The van der Waals surface area contributed by atoms with Gasteiger partial charge in [0.25, 0.3) is 0 Å². The fourth-order valence-electron chi connectivity index (χ4n) is 2.69. The van der Waals surface area contributed by atoms with E-state index in [1.54, 1.807) is 18.0 Å². The zero-order chi connectivity index (χ0) is 19.6. The van der Waals surface area contributed by atoms with Gasteiger partial charge in [0.1, 0.15) is 6.61 Å². The summed E-state index contributed by atoms with van der Waals surface area (Å²) in [7, 11) is 0. The van der Waals surface area contributed by atoms with E-state index in [2.05, 4.69) is 35.4 Å². The number of benzene rings is 2. The Hall–Kier alpha value is -2.79. The molecule has 3 aromatic rings. The van der Waals surface area contributed by atoms with Crippen molar-refractivity contribution in [3.8, 4) is 5.88 Å². The average Bonchev–Trinajstić information content (AvgIpc) is 2.72. The van der Waals surface area contributed by atoms with Crippen molar-refractivity contribution in [2.24, 2.45) is 0 Å². The summed E-state index contributed by atoms with van der Waals surface area (Å²) in [5, 5.41) is 2.95. The second kappa shape index (κ2) is 10.5. The molecule has 4 nitrogen and oxygen atoms in total. The van der Waals surface area contributed by atoms with Crippen LogP contribution in [-0.2, 0) is 23.7 Å². The lowest BCUT2D eigenvalue weighted by Crippen LogP contribution is -2.24. The largest absolute Gasteiger partial charge is 0.473 e. The summed E-state index contributed by atoms with van der Waals surface area (Å²) in [5.41, 5.74) is 4.54. The molecule has 28 heavy (non-hydrogen) atoms. The summed E-state index contributed by atoms with van der Waals surface area (Å²) >= 11 is 1.62. The van der Waals surface area contributed by atoms with E-state index in [1.165, 1.54) is 11.1 Å². The van der Waals surface area contributed by atoms with Crippen molar-refractivity contribution in [3.05, 3.63) is 95.2 Å². The molecule has 0 aliphatic heterocycles. The van der Waals surface area contributed by atoms with E-state index < -0.39 is 0 Å². The number of pyridine rings is 1. The molecular formula is C23H24N2O2S. The predicted octanol–water partition coefficient (Wildman–Crippen LogP) is 4.52. The van der Waals surface area contributed by atoms with E-state index in [9.17, 15) is 4.79 Å². The molecule has 0 aliphatic rings. The third-order valence-corrected chi connectivity index (χ3v) is 5.11. The summed E-state index contributed by atoms with van der Waals surface area (Å²) in [4.78, 5) is 16.3. The highest BCUT2D eigenvalue weighted by Crippen LogP contribution is 2.14. The normalized spacial score (nSPS) is 10.5. The molecule has 0 fully saturated rings. The van der Waals surface area contributed by atoms with Gasteiger partial charge in [-0.2, -0.15) is 0 Å². The lowest BCUT2D eigenvalue weighted by Gasteiger charge is -2.08. The first-order chi connectivity index (χ1) is 13.7. The lowest BCUT2D eigenvalue weighted by atomic mass is 10.2. The number of amides is 1.